The van der Waals surface area contributed by atoms with Crippen molar-refractivity contribution >= 4 is 16.9 Å². The van der Waals surface area contributed by atoms with E-state index in [-0.39, 0.29) is 5.91 Å². The number of H-pyrrole nitrogens is 1. The molecule has 1 atom stereocenters. The summed E-state index contributed by atoms with van der Waals surface area (Å²) in [5.74, 6) is 0.761. The Kier molecular flexibility index (Phi) is 6.48. The highest BCUT2D eigenvalue weighted by Crippen LogP contribution is 2.44. The van der Waals surface area contributed by atoms with Crippen molar-refractivity contribution in [3.05, 3.63) is 77.1 Å². The Bertz CT molecular complexity index is 1570. The SMILES string of the molecule is CN(C)CCN(C)C(=O)c1ccc(-c2c[nH]c3ncc(-c4cc5c6c(c4)CN(C4CC4)CC6CCC5)cc23)cc1. The first-order valence-electron chi connectivity index (χ1n) is 14.8. The second kappa shape index (κ2) is 10.2. The molecule has 0 spiro atoms. The summed E-state index contributed by atoms with van der Waals surface area (Å²) in [4.78, 5) is 27.7. The zero-order valence-corrected chi connectivity index (χ0v) is 23.9. The molecule has 7 rings (SSSR count). The summed E-state index contributed by atoms with van der Waals surface area (Å²) >= 11 is 0. The third-order valence-electron chi connectivity index (χ3n) is 9.19. The van der Waals surface area contributed by atoms with Gasteiger partial charge in [0.25, 0.3) is 5.91 Å². The molecule has 4 aromatic rings. The number of aryl methyl sites for hydroxylation is 1. The van der Waals surface area contributed by atoms with Crippen molar-refractivity contribution in [3.63, 3.8) is 0 Å². The second-order valence-electron chi connectivity index (χ2n) is 12.4. The van der Waals surface area contributed by atoms with Crippen molar-refractivity contribution in [2.75, 3.05) is 40.8 Å². The number of rotatable bonds is 7. The zero-order chi connectivity index (χ0) is 27.4. The average Bonchev–Trinajstić information content (AvgIpc) is 3.74. The Morgan fingerprint density at radius 1 is 0.975 bits per heavy atom. The van der Waals surface area contributed by atoms with E-state index in [4.69, 9.17) is 4.98 Å². The Balaban J connectivity index is 1.19. The maximum Gasteiger partial charge on any atom is 0.253 e. The van der Waals surface area contributed by atoms with Crippen molar-refractivity contribution in [2.45, 2.75) is 50.6 Å². The van der Waals surface area contributed by atoms with Gasteiger partial charge >= 0.3 is 0 Å². The van der Waals surface area contributed by atoms with Crippen LogP contribution < -0.4 is 0 Å². The van der Waals surface area contributed by atoms with E-state index >= 15 is 0 Å². The molecule has 2 aromatic carbocycles. The van der Waals surface area contributed by atoms with Gasteiger partial charge in [-0.15, -0.1) is 0 Å². The second-order valence-corrected chi connectivity index (χ2v) is 12.4. The summed E-state index contributed by atoms with van der Waals surface area (Å²) in [5, 5.41) is 1.11. The Hall–Kier alpha value is -3.48. The molecule has 3 heterocycles. The predicted octanol–water partition coefficient (Wildman–Crippen LogP) is 5.93. The number of carbonyl (C=O) groups is 1. The van der Waals surface area contributed by atoms with Crippen LogP contribution in [-0.4, -0.2) is 77.4 Å². The first-order chi connectivity index (χ1) is 19.4. The predicted molar refractivity (Wildman–Crippen MR) is 162 cm³/mol. The standard InChI is InChI=1S/C34H39N5O/c1-37(2)13-14-38(3)34(40)23-9-7-22(8-10-23)31-19-36-33-30(31)17-27(18-35-33)26-15-24-5-4-6-25-20-39(29-11-12-29)21-28(16-26)32(24)25/h7-10,15-19,25,29H,4-6,11-14,20-21H2,1-3H3,(H,35,36). The lowest BCUT2D eigenvalue weighted by molar-refractivity contribution is 0.0786. The van der Waals surface area contributed by atoms with Gasteiger partial charge < -0.3 is 14.8 Å². The van der Waals surface area contributed by atoms with Gasteiger partial charge in [-0.05, 0) is 104 Å². The number of likely N-dealkylation sites (N-methyl/N-ethyl adjacent to an activating group) is 2. The summed E-state index contributed by atoms with van der Waals surface area (Å²) in [5.41, 5.74) is 11.0. The number of hydrogen-bond donors (Lipinski definition) is 1. The van der Waals surface area contributed by atoms with Gasteiger partial charge in [-0.1, -0.05) is 18.2 Å². The third-order valence-corrected chi connectivity index (χ3v) is 9.19. The van der Waals surface area contributed by atoms with Crippen LogP contribution in [0.25, 0.3) is 33.3 Å². The fraction of sp³-hybridized carbons (Fsp3) is 0.412. The summed E-state index contributed by atoms with van der Waals surface area (Å²) in [6.07, 6.45) is 10.6. The lowest BCUT2D eigenvalue weighted by Crippen LogP contribution is -2.37. The van der Waals surface area contributed by atoms with E-state index in [9.17, 15) is 4.79 Å². The normalized spacial score (nSPS) is 18.8. The molecule has 1 unspecified atom stereocenters. The van der Waals surface area contributed by atoms with Gasteiger partial charge in [-0.25, -0.2) is 4.98 Å². The fourth-order valence-corrected chi connectivity index (χ4v) is 6.82. The monoisotopic (exact) mass is 533 g/mol. The number of aromatic amines is 1. The Labute approximate surface area is 237 Å². The van der Waals surface area contributed by atoms with Gasteiger partial charge in [0.05, 0.1) is 0 Å². The van der Waals surface area contributed by atoms with Gasteiger partial charge in [0.2, 0.25) is 0 Å². The van der Waals surface area contributed by atoms with Crippen LogP contribution in [0.2, 0.25) is 0 Å². The lowest BCUT2D eigenvalue weighted by Gasteiger charge is -2.39. The van der Waals surface area contributed by atoms with E-state index in [0.717, 1.165) is 41.3 Å². The summed E-state index contributed by atoms with van der Waals surface area (Å²) in [6, 6.07) is 16.0. The number of nitrogens with zero attached hydrogens (tertiary/aromatic N) is 4. The topological polar surface area (TPSA) is 55.5 Å². The number of pyridine rings is 1. The molecule has 1 aliphatic heterocycles. The van der Waals surface area contributed by atoms with E-state index in [1.54, 1.807) is 21.6 Å². The lowest BCUT2D eigenvalue weighted by atomic mass is 9.76. The highest BCUT2D eigenvalue weighted by molar-refractivity contribution is 5.98. The van der Waals surface area contributed by atoms with Gasteiger partial charge in [0.1, 0.15) is 5.65 Å². The minimum Gasteiger partial charge on any atom is -0.346 e. The van der Waals surface area contributed by atoms with Crippen LogP contribution in [0.3, 0.4) is 0 Å². The highest BCUT2D eigenvalue weighted by atomic mass is 16.2. The minimum absolute atomic E-state index is 0.0511. The molecule has 40 heavy (non-hydrogen) atoms. The highest BCUT2D eigenvalue weighted by Gasteiger charge is 2.37. The maximum atomic E-state index is 12.9. The van der Waals surface area contributed by atoms with Gasteiger partial charge in [-0.3, -0.25) is 9.69 Å². The van der Waals surface area contributed by atoms with Crippen LogP contribution in [0.1, 0.15) is 58.6 Å². The molecule has 0 saturated heterocycles. The number of amides is 1. The fourth-order valence-electron chi connectivity index (χ4n) is 6.82. The number of aromatic nitrogens is 2. The van der Waals surface area contributed by atoms with Gasteiger partial charge in [-0.2, -0.15) is 0 Å². The summed E-state index contributed by atoms with van der Waals surface area (Å²) in [6.45, 7) is 3.89. The molecule has 3 aliphatic rings. The molecule has 0 bridgehead atoms. The Morgan fingerprint density at radius 2 is 1.77 bits per heavy atom. The molecule has 206 valence electrons. The first-order valence-corrected chi connectivity index (χ1v) is 14.8. The van der Waals surface area contributed by atoms with Crippen molar-refractivity contribution < 1.29 is 4.79 Å². The number of fused-ring (bicyclic) bond motifs is 1. The molecule has 0 radical (unpaired) electrons. The van der Waals surface area contributed by atoms with E-state index < -0.39 is 0 Å². The van der Waals surface area contributed by atoms with E-state index in [0.29, 0.717) is 18.0 Å². The molecule has 1 N–H and O–H groups in total. The van der Waals surface area contributed by atoms with Crippen LogP contribution in [0.4, 0.5) is 0 Å². The smallest absolute Gasteiger partial charge is 0.253 e. The van der Waals surface area contributed by atoms with E-state index in [1.165, 1.54) is 49.8 Å². The minimum atomic E-state index is 0.0511. The molecule has 6 heteroatoms. The van der Waals surface area contributed by atoms with Crippen LogP contribution in [0.5, 0.6) is 0 Å². The quantitative estimate of drug-likeness (QED) is 0.320. The van der Waals surface area contributed by atoms with Crippen molar-refractivity contribution in [3.8, 4) is 22.3 Å². The summed E-state index contributed by atoms with van der Waals surface area (Å²) in [7, 11) is 5.91. The molecule has 2 aromatic heterocycles. The Morgan fingerprint density at radius 3 is 2.55 bits per heavy atom. The van der Waals surface area contributed by atoms with Crippen molar-refractivity contribution in [1.82, 2.24) is 24.7 Å². The molecule has 2 aliphatic carbocycles. The molecule has 1 amide bonds. The number of carbonyl (C=O) groups excluding carboxylic acids is 1. The van der Waals surface area contributed by atoms with Crippen molar-refractivity contribution in [2.24, 2.45) is 0 Å². The third kappa shape index (κ3) is 4.73. The largest absolute Gasteiger partial charge is 0.346 e. The summed E-state index contributed by atoms with van der Waals surface area (Å²) < 4.78 is 0. The van der Waals surface area contributed by atoms with Crippen LogP contribution in [-0.2, 0) is 13.0 Å². The number of benzene rings is 2. The molecular formula is C34H39N5O. The molecule has 6 nitrogen and oxygen atoms in total. The van der Waals surface area contributed by atoms with Crippen LogP contribution >= 0.6 is 0 Å². The first kappa shape index (κ1) is 25.5. The van der Waals surface area contributed by atoms with Gasteiger partial charge in [0, 0.05) is 73.7 Å². The molecule has 1 saturated carbocycles. The van der Waals surface area contributed by atoms with E-state index in [1.807, 2.05) is 45.7 Å². The maximum absolute atomic E-state index is 12.9. The molecule has 1 fully saturated rings. The van der Waals surface area contributed by atoms with Crippen molar-refractivity contribution in [1.29, 1.82) is 0 Å². The number of nitrogens with one attached hydrogen (secondary N) is 1. The van der Waals surface area contributed by atoms with Crippen LogP contribution in [0, 0.1) is 0 Å². The average molecular weight is 534 g/mol. The van der Waals surface area contributed by atoms with Crippen LogP contribution in [0.15, 0.2) is 54.9 Å². The van der Waals surface area contributed by atoms with Gasteiger partial charge in [0.15, 0.2) is 0 Å². The van der Waals surface area contributed by atoms with E-state index in [2.05, 4.69) is 45.1 Å². The number of hydrogen-bond acceptors (Lipinski definition) is 4. The zero-order valence-electron chi connectivity index (χ0n) is 23.9. The molecular weight excluding hydrogens is 494 g/mol.